The van der Waals surface area contributed by atoms with Crippen LogP contribution in [-0.2, 0) is 4.74 Å². The summed E-state index contributed by atoms with van der Waals surface area (Å²) in [5.41, 5.74) is -0.687. The quantitative estimate of drug-likeness (QED) is 0.810. The van der Waals surface area contributed by atoms with Crippen molar-refractivity contribution in [2.24, 2.45) is 5.92 Å². The Morgan fingerprint density at radius 2 is 1.96 bits per heavy atom. The second-order valence-electron chi connectivity index (χ2n) is 7.03. The van der Waals surface area contributed by atoms with Gasteiger partial charge in [-0.15, -0.1) is 11.3 Å². The van der Waals surface area contributed by atoms with E-state index in [9.17, 15) is 14.7 Å². The Labute approximate surface area is 146 Å². The molecular weight excluding hydrogens is 332 g/mol. The zero-order valence-electron chi connectivity index (χ0n) is 14.9. The summed E-state index contributed by atoms with van der Waals surface area (Å²) >= 11 is 1.09. The fourth-order valence-corrected chi connectivity index (χ4v) is 3.01. The Morgan fingerprint density at radius 3 is 2.38 bits per heavy atom. The smallest absolute Gasteiger partial charge is 0.410 e. The number of nitrogens with zero attached hydrogens (tertiary/aromatic N) is 2. The Hall–Kier alpha value is -1.67. The van der Waals surface area contributed by atoms with Gasteiger partial charge >= 0.3 is 12.1 Å². The highest BCUT2D eigenvalue weighted by Crippen LogP contribution is 2.27. The van der Waals surface area contributed by atoms with E-state index in [0.717, 1.165) is 11.3 Å². The third kappa shape index (κ3) is 5.76. The van der Waals surface area contributed by atoms with Gasteiger partial charge in [0.2, 0.25) is 0 Å². The average molecular weight is 358 g/mol. The highest BCUT2D eigenvalue weighted by atomic mass is 32.1. The van der Waals surface area contributed by atoms with Gasteiger partial charge in [-0.1, -0.05) is 13.8 Å². The second-order valence-corrected chi connectivity index (χ2v) is 7.92. The molecule has 1 amide bonds. The van der Waals surface area contributed by atoms with Crippen LogP contribution in [0.3, 0.4) is 0 Å². The van der Waals surface area contributed by atoms with Gasteiger partial charge in [0.05, 0.1) is 0 Å². The Bertz CT molecular complexity index is 579. The summed E-state index contributed by atoms with van der Waals surface area (Å²) in [6, 6.07) is -0.271. The Balaban J connectivity index is 2.84. The number of hydrogen-bond donors (Lipinski definition) is 2. The van der Waals surface area contributed by atoms with Crippen molar-refractivity contribution >= 4 is 23.4 Å². The van der Waals surface area contributed by atoms with Crippen molar-refractivity contribution in [1.29, 1.82) is 0 Å². The third-order valence-electron chi connectivity index (χ3n) is 3.44. The minimum atomic E-state index is -1.13. The topological polar surface area (TPSA) is 100.0 Å². The van der Waals surface area contributed by atoms with Crippen LogP contribution in [-0.4, -0.2) is 50.9 Å². The number of carbonyl (C=O) groups is 2. The van der Waals surface area contributed by atoms with Gasteiger partial charge in [0.15, 0.2) is 5.69 Å². The molecule has 24 heavy (non-hydrogen) atoms. The van der Waals surface area contributed by atoms with E-state index in [1.807, 2.05) is 13.8 Å². The zero-order chi connectivity index (χ0) is 18.7. The monoisotopic (exact) mass is 358 g/mol. The van der Waals surface area contributed by atoms with Gasteiger partial charge < -0.3 is 19.8 Å². The van der Waals surface area contributed by atoms with Crippen molar-refractivity contribution in [1.82, 2.24) is 9.88 Å². The van der Waals surface area contributed by atoms with Crippen LogP contribution < -0.4 is 0 Å². The van der Waals surface area contributed by atoms with E-state index in [2.05, 4.69) is 4.98 Å². The first-order chi connectivity index (χ1) is 10.9. The Kier molecular flexibility index (Phi) is 6.74. The normalized spacial score (nSPS) is 14.3. The van der Waals surface area contributed by atoms with Gasteiger partial charge in [0, 0.05) is 24.9 Å². The molecule has 0 aromatic carbocycles. The molecule has 0 spiro atoms. The largest absolute Gasteiger partial charge is 0.476 e. The molecule has 2 atom stereocenters. The van der Waals surface area contributed by atoms with Crippen LogP contribution in [0.1, 0.15) is 62.6 Å². The number of rotatable bonds is 6. The van der Waals surface area contributed by atoms with E-state index in [1.165, 1.54) is 10.3 Å². The first kappa shape index (κ1) is 20.4. The van der Waals surface area contributed by atoms with Crippen molar-refractivity contribution in [2.45, 2.75) is 58.8 Å². The minimum absolute atomic E-state index is 0.0797. The highest BCUT2D eigenvalue weighted by molar-refractivity contribution is 7.09. The van der Waals surface area contributed by atoms with E-state index in [0.29, 0.717) is 5.01 Å². The number of hydrogen-bond acceptors (Lipinski definition) is 6. The van der Waals surface area contributed by atoms with Gasteiger partial charge in [-0.05, 0) is 26.7 Å². The molecule has 7 nitrogen and oxygen atoms in total. The molecule has 0 radical (unpaired) electrons. The maximum atomic E-state index is 12.2. The van der Waals surface area contributed by atoms with Crippen LogP contribution in [0.2, 0.25) is 0 Å². The zero-order valence-corrected chi connectivity index (χ0v) is 15.8. The molecule has 2 N–H and O–H groups in total. The molecule has 0 fully saturated rings. The summed E-state index contributed by atoms with van der Waals surface area (Å²) < 4.78 is 5.37. The first-order valence-corrected chi connectivity index (χ1v) is 8.63. The second kappa shape index (κ2) is 7.94. The number of aliphatic hydroxyl groups excluding tert-OH is 1. The number of amides is 1. The van der Waals surface area contributed by atoms with Gasteiger partial charge in [0.1, 0.15) is 16.7 Å². The molecule has 0 aliphatic carbocycles. The first-order valence-electron chi connectivity index (χ1n) is 7.75. The molecule has 136 valence electrons. The molecule has 1 heterocycles. The van der Waals surface area contributed by atoms with Crippen molar-refractivity contribution in [2.75, 3.05) is 7.05 Å². The van der Waals surface area contributed by atoms with E-state index in [-0.39, 0.29) is 24.1 Å². The Morgan fingerprint density at radius 1 is 1.38 bits per heavy atom. The third-order valence-corrected chi connectivity index (χ3v) is 4.39. The van der Waals surface area contributed by atoms with Crippen molar-refractivity contribution in [3.05, 3.63) is 16.1 Å². The molecule has 1 aromatic heterocycles. The summed E-state index contributed by atoms with van der Waals surface area (Å²) in [7, 11) is 1.63. The maximum Gasteiger partial charge on any atom is 0.410 e. The molecular formula is C16H26N2O5S. The number of aromatic carboxylic acids is 1. The summed E-state index contributed by atoms with van der Waals surface area (Å²) in [4.78, 5) is 28.5. The van der Waals surface area contributed by atoms with Crippen LogP contribution >= 0.6 is 11.3 Å². The molecule has 0 aliphatic heterocycles. The fraction of sp³-hybridized carbons (Fsp3) is 0.688. The van der Waals surface area contributed by atoms with E-state index in [1.54, 1.807) is 27.8 Å². The predicted molar refractivity (Wildman–Crippen MR) is 91.3 cm³/mol. The fourth-order valence-electron chi connectivity index (χ4n) is 2.22. The summed E-state index contributed by atoms with van der Waals surface area (Å²) in [5, 5.41) is 21.0. The molecule has 0 bridgehead atoms. The lowest BCUT2D eigenvalue weighted by molar-refractivity contribution is 0.0106. The molecule has 1 aromatic rings. The van der Waals surface area contributed by atoms with E-state index in [4.69, 9.17) is 9.84 Å². The van der Waals surface area contributed by atoms with Gasteiger partial charge in [-0.2, -0.15) is 0 Å². The molecule has 0 saturated carbocycles. The minimum Gasteiger partial charge on any atom is -0.476 e. The number of carboxylic acids is 1. The lowest BCUT2D eigenvalue weighted by Crippen LogP contribution is -2.44. The number of aromatic nitrogens is 1. The SMILES string of the molecule is CC(C)[C@@H](C[C@@H](O)c1nc(C(=O)O)cs1)N(C)C(=O)OC(C)(C)C. The van der Waals surface area contributed by atoms with Crippen LogP contribution in [0.5, 0.6) is 0 Å². The van der Waals surface area contributed by atoms with Crippen LogP contribution in [0.4, 0.5) is 4.79 Å². The van der Waals surface area contributed by atoms with Crippen molar-refractivity contribution in [3.63, 3.8) is 0 Å². The average Bonchev–Trinajstić information content (AvgIpc) is 2.91. The lowest BCUT2D eigenvalue weighted by Gasteiger charge is -2.34. The van der Waals surface area contributed by atoms with E-state index < -0.39 is 23.8 Å². The molecule has 8 heteroatoms. The number of thiazole rings is 1. The molecule has 0 aliphatic rings. The van der Waals surface area contributed by atoms with E-state index >= 15 is 0 Å². The van der Waals surface area contributed by atoms with Crippen LogP contribution in [0.15, 0.2) is 5.38 Å². The lowest BCUT2D eigenvalue weighted by atomic mass is 9.97. The predicted octanol–water partition coefficient (Wildman–Crippen LogP) is 3.16. The van der Waals surface area contributed by atoms with Crippen molar-refractivity contribution < 1.29 is 24.5 Å². The van der Waals surface area contributed by atoms with Crippen LogP contribution in [0, 0.1) is 5.92 Å². The van der Waals surface area contributed by atoms with Gasteiger partial charge in [-0.25, -0.2) is 14.6 Å². The number of carboxylic acid groups (broad SMARTS) is 1. The summed E-state index contributed by atoms with van der Waals surface area (Å²) in [6.45, 7) is 9.27. The van der Waals surface area contributed by atoms with Crippen molar-refractivity contribution in [3.8, 4) is 0 Å². The van der Waals surface area contributed by atoms with Gasteiger partial charge in [0.25, 0.3) is 0 Å². The maximum absolute atomic E-state index is 12.2. The summed E-state index contributed by atoms with van der Waals surface area (Å²) in [5.74, 6) is -1.05. The number of aliphatic hydroxyl groups is 1. The summed E-state index contributed by atoms with van der Waals surface area (Å²) in [6.07, 6.45) is -1.15. The van der Waals surface area contributed by atoms with Gasteiger partial charge in [-0.3, -0.25) is 0 Å². The standard InChI is InChI=1S/C16H26N2O5S/c1-9(2)11(18(6)15(22)23-16(3,4)5)7-12(19)13-17-10(8-24-13)14(20)21/h8-9,11-12,19H,7H2,1-6H3,(H,20,21)/t11-,12-/m1/s1. The molecule has 0 saturated heterocycles. The highest BCUT2D eigenvalue weighted by Gasteiger charge is 2.30. The molecule has 1 rings (SSSR count). The number of ether oxygens (including phenoxy) is 1. The van der Waals surface area contributed by atoms with Crippen LogP contribution in [0.25, 0.3) is 0 Å². The number of carbonyl (C=O) groups excluding carboxylic acids is 1. The molecule has 0 unspecified atom stereocenters.